The predicted molar refractivity (Wildman–Crippen MR) is 84.5 cm³/mol. The summed E-state index contributed by atoms with van der Waals surface area (Å²) in [6, 6.07) is 12.0. The molecule has 3 aromatic heterocycles. The van der Waals surface area contributed by atoms with Gasteiger partial charge in [0.2, 0.25) is 0 Å². The Hall–Kier alpha value is -2.80. The van der Waals surface area contributed by atoms with Crippen molar-refractivity contribution in [1.29, 1.82) is 0 Å². The summed E-state index contributed by atoms with van der Waals surface area (Å²) in [5.74, 6) is 0.178. The Bertz CT molecular complexity index is 971. The monoisotopic (exact) mass is 323 g/mol. The van der Waals surface area contributed by atoms with Gasteiger partial charge in [0.05, 0.1) is 5.69 Å². The van der Waals surface area contributed by atoms with Crippen molar-refractivity contribution in [2.75, 3.05) is 0 Å². The van der Waals surface area contributed by atoms with Crippen molar-refractivity contribution in [2.24, 2.45) is 0 Å². The minimum atomic E-state index is -0.297. The van der Waals surface area contributed by atoms with Crippen LogP contribution in [0.1, 0.15) is 0 Å². The SMILES string of the molecule is Fc1cccc(-c2cc(Sc3ccncc3)n3ncnc3n2)c1. The number of nitrogens with zero attached hydrogens (tertiary/aromatic N) is 5. The van der Waals surface area contributed by atoms with Gasteiger partial charge in [-0.25, -0.2) is 9.37 Å². The van der Waals surface area contributed by atoms with E-state index < -0.39 is 0 Å². The first-order chi connectivity index (χ1) is 11.3. The minimum Gasteiger partial charge on any atom is -0.265 e. The largest absolute Gasteiger partial charge is 0.265 e. The third kappa shape index (κ3) is 2.78. The Morgan fingerprint density at radius 3 is 2.74 bits per heavy atom. The van der Waals surface area contributed by atoms with E-state index in [0.717, 1.165) is 9.92 Å². The van der Waals surface area contributed by atoms with Crippen molar-refractivity contribution >= 4 is 17.5 Å². The molecule has 4 rings (SSSR count). The highest BCUT2D eigenvalue weighted by Crippen LogP contribution is 2.30. The van der Waals surface area contributed by atoms with Crippen LogP contribution in [0, 0.1) is 5.82 Å². The van der Waals surface area contributed by atoms with Gasteiger partial charge in [-0.15, -0.1) is 0 Å². The molecule has 0 bridgehead atoms. The second-order valence-corrected chi connectivity index (χ2v) is 5.84. The molecule has 0 saturated heterocycles. The lowest BCUT2D eigenvalue weighted by Gasteiger charge is -2.07. The lowest BCUT2D eigenvalue weighted by Crippen LogP contribution is -1.97. The number of fused-ring (bicyclic) bond motifs is 1. The molecule has 0 fully saturated rings. The Labute approximate surface area is 135 Å². The quantitative estimate of drug-likeness (QED) is 0.540. The molecule has 0 aliphatic rings. The predicted octanol–water partition coefficient (Wildman–Crippen LogP) is 3.48. The molecule has 0 aliphatic carbocycles. The summed E-state index contributed by atoms with van der Waals surface area (Å²) in [6.07, 6.45) is 4.92. The average Bonchev–Trinajstić information content (AvgIpc) is 3.05. The Morgan fingerprint density at radius 1 is 1.04 bits per heavy atom. The summed E-state index contributed by atoms with van der Waals surface area (Å²) in [5.41, 5.74) is 1.36. The van der Waals surface area contributed by atoms with Crippen LogP contribution < -0.4 is 0 Å². The van der Waals surface area contributed by atoms with Crippen molar-refractivity contribution in [2.45, 2.75) is 9.92 Å². The third-order valence-corrected chi connectivity index (χ3v) is 4.22. The van der Waals surface area contributed by atoms with E-state index in [0.29, 0.717) is 17.0 Å². The van der Waals surface area contributed by atoms with E-state index in [2.05, 4.69) is 20.1 Å². The summed E-state index contributed by atoms with van der Waals surface area (Å²) in [6.45, 7) is 0. The normalized spacial score (nSPS) is 11.0. The van der Waals surface area contributed by atoms with Crippen LogP contribution in [-0.4, -0.2) is 24.6 Å². The number of hydrogen-bond donors (Lipinski definition) is 0. The lowest BCUT2D eigenvalue weighted by atomic mass is 10.1. The Balaban J connectivity index is 1.84. The van der Waals surface area contributed by atoms with Gasteiger partial charge in [0, 0.05) is 22.9 Å². The van der Waals surface area contributed by atoms with Crippen molar-refractivity contribution in [3.63, 3.8) is 0 Å². The van der Waals surface area contributed by atoms with E-state index >= 15 is 0 Å². The standard InChI is InChI=1S/C16H10FN5S/c17-12-3-1-2-11(8-12)14-9-15(22-16(21-14)19-10-20-22)23-13-4-6-18-7-5-13/h1-10H. The molecule has 23 heavy (non-hydrogen) atoms. The molecule has 0 radical (unpaired) electrons. The third-order valence-electron chi connectivity index (χ3n) is 3.21. The molecule has 0 saturated carbocycles. The maximum Gasteiger partial charge on any atom is 0.253 e. The molecule has 7 heteroatoms. The molecule has 5 nitrogen and oxygen atoms in total. The molecule has 0 spiro atoms. The first-order valence-electron chi connectivity index (χ1n) is 6.84. The van der Waals surface area contributed by atoms with Crippen LogP contribution in [0.5, 0.6) is 0 Å². The van der Waals surface area contributed by atoms with Crippen molar-refractivity contribution < 1.29 is 4.39 Å². The number of benzene rings is 1. The van der Waals surface area contributed by atoms with Gasteiger partial charge in [0.1, 0.15) is 17.2 Å². The highest BCUT2D eigenvalue weighted by molar-refractivity contribution is 7.99. The van der Waals surface area contributed by atoms with E-state index in [9.17, 15) is 4.39 Å². The van der Waals surface area contributed by atoms with Gasteiger partial charge >= 0.3 is 0 Å². The smallest absolute Gasteiger partial charge is 0.253 e. The second kappa shape index (κ2) is 5.77. The first-order valence-corrected chi connectivity index (χ1v) is 7.66. The second-order valence-electron chi connectivity index (χ2n) is 4.75. The molecule has 4 aromatic rings. The van der Waals surface area contributed by atoms with Gasteiger partial charge in [-0.1, -0.05) is 23.9 Å². The van der Waals surface area contributed by atoms with Gasteiger partial charge < -0.3 is 0 Å². The fraction of sp³-hybridized carbons (Fsp3) is 0. The van der Waals surface area contributed by atoms with Crippen LogP contribution in [0.2, 0.25) is 0 Å². The van der Waals surface area contributed by atoms with E-state index in [-0.39, 0.29) is 5.82 Å². The van der Waals surface area contributed by atoms with Crippen LogP contribution in [-0.2, 0) is 0 Å². The number of pyridine rings is 1. The Morgan fingerprint density at radius 2 is 1.91 bits per heavy atom. The summed E-state index contributed by atoms with van der Waals surface area (Å²) in [7, 11) is 0. The Kier molecular flexibility index (Phi) is 3.47. The molecule has 0 unspecified atom stereocenters. The van der Waals surface area contributed by atoms with Gasteiger partial charge in [0.15, 0.2) is 0 Å². The maximum atomic E-state index is 13.5. The van der Waals surface area contributed by atoms with E-state index in [1.54, 1.807) is 23.0 Å². The highest BCUT2D eigenvalue weighted by atomic mass is 32.2. The van der Waals surface area contributed by atoms with Gasteiger partial charge in [0.25, 0.3) is 5.78 Å². The molecule has 3 heterocycles. The number of rotatable bonds is 3. The van der Waals surface area contributed by atoms with Gasteiger partial charge in [-0.2, -0.15) is 14.6 Å². The van der Waals surface area contributed by atoms with Crippen molar-refractivity contribution in [3.8, 4) is 11.3 Å². The fourth-order valence-electron chi connectivity index (χ4n) is 2.18. The molecule has 0 amide bonds. The number of hydrogen-bond acceptors (Lipinski definition) is 5. The van der Waals surface area contributed by atoms with Crippen LogP contribution in [0.3, 0.4) is 0 Å². The highest BCUT2D eigenvalue weighted by Gasteiger charge is 2.11. The van der Waals surface area contributed by atoms with E-state index in [1.807, 2.05) is 24.3 Å². The van der Waals surface area contributed by atoms with Crippen molar-refractivity contribution in [3.05, 3.63) is 67.0 Å². The van der Waals surface area contributed by atoms with Gasteiger partial charge in [-0.3, -0.25) is 4.98 Å². The van der Waals surface area contributed by atoms with Crippen LogP contribution in [0.4, 0.5) is 4.39 Å². The molecule has 1 aromatic carbocycles. The zero-order chi connectivity index (χ0) is 15.6. The summed E-state index contributed by atoms with van der Waals surface area (Å²) < 4.78 is 15.1. The number of halogens is 1. The lowest BCUT2D eigenvalue weighted by molar-refractivity contribution is 0.628. The van der Waals surface area contributed by atoms with Gasteiger partial charge in [-0.05, 0) is 30.3 Å². The molecular formula is C16H10FN5S. The molecule has 0 atom stereocenters. The van der Waals surface area contributed by atoms with E-state index in [4.69, 9.17) is 0 Å². The molecular weight excluding hydrogens is 313 g/mol. The average molecular weight is 323 g/mol. The fourth-order valence-corrected chi connectivity index (χ4v) is 3.07. The van der Waals surface area contributed by atoms with E-state index in [1.165, 1.54) is 30.2 Å². The molecule has 112 valence electrons. The molecule has 0 aliphatic heterocycles. The molecule has 0 N–H and O–H groups in total. The van der Waals surface area contributed by atoms with Crippen LogP contribution in [0.15, 0.2) is 71.1 Å². The zero-order valence-corrected chi connectivity index (χ0v) is 12.6. The maximum absolute atomic E-state index is 13.5. The topological polar surface area (TPSA) is 56.0 Å². The van der Waals surface area contributed by atoms with Crippen LogP contribution >= 0.6 is 11.8 Å². The summed E-state index contributed by atoms with van der Waals surface area (Å²) in [4.78, 5) is 13.6. The first kappa shape index (κ1) is 13.8. The van der Waals surface area contributed by atoms with Crippen LogP contribution in [0.25, 0.3) is 17.0 Å². The zero-order valence-electron chi connectivity index (χ0n) is 11.8. The summed E-state index contributed by atoms with van der Waals surface area (Å²) >= 11 is 1.52. The van der Waals surface area contributed by atoms with Crippen molar-refractivity contribution in [1.82, 2.24) is 24.6 Å². The number of aromatic nitrogens is 5. The summed E-state index contributed by atoms with van der Waals surface area (Å²) in [5, 5.41) is 5.05. The minimum absolute atomic E-state index is 0.297.